The highest BCUT2D eigenvalue weighted by Gasteiger charge is 2.20. The van der Waals surface area contributed by atoms with Crippen LogP contribution in [-0.2, 0) is 13.1 Å². The van der Waals surface area contributed by atoms with E-state index in [1.54, 1.807) is 0 Å². The summed E-state index contributed by atoms with van der Waals surface area (Å²) in [6.07, 6.45) is 5.39. The summed E-state index contributed by atoms with van der Waals surface area (Å²) < 4.78 is 1.99. The van der Waals surface area contributed by atoms with Gasteiger partial charge in [0.25, 0.3) is 0 Å². The minimum atomic E-state index is 0.672. The summed E-state index contributed by atoms with van der Waals surface area (Å²) in [7, 11) is 2.04. The van der Waals surface area contributed by atoms with Crippen LogP contribution in [-0.4, -0.2) is 40.9 Å². The maximum atomic E-state index is 4.29. The molecule has 84 valence electrons. The van der Waals surface area contributed by atoms with Crippen molar-refractivity contribution in [3.05, 3.63) is 18.0 Å². The molecule has 4 heteroatoms. The number of aryl methyl sites for hydroxylation is 1. The van der Waals surface area contributed by atoms with Crippen molar-refractivity contribution in [1.29, 1.82) is 0 Å². The zero-order chi connectivity index (χ0) is 10.7. The van der Waals surface area contributed by atoms with E-state index < -0.39 is 0 Å². The number of nitrogens with one attached hydrogen (secondary N) is 1. The summed E-state index contributed by atoms with van der Waals surface area (Å²) in [4.78, 5) is 2.48. The van der Waals surface area contributed by atoms with E-state index in [-0.39, 0.29) is 0 Å². The number of hydrogen-bond acceptors (Lipinski definition) is 3. The summed E-state index contributed by atoms with van der Waals surface area (Å²) >= 11 is 0. The molecule has 15 heavy (non-hydrogen) atoms. The molecule has 1 aliphatic rings. The van der Waals surface area contributed by atoms with Gasteiger partial charge >= 0.3 is 0 Å². The third-order valence-corrected chi connectivity index (χ3v) is 3.10. The number of hydrogen-bond donors (Lipinski definition) is 1. The molecule has 0 bridgehead atoms. The van der Waals surface area contributed by atoms with E-state index in [4.69, 9.17) is 0 Å². The lowest BCUT2D eigenvalue weighted by atomic mass is 10.3. The van der Waals surface area contributed by atoms with E-state index in [1.807, 2.05) is 17.9 Å². The Kier molecular flexibility index (Phi) is 3.38. The van der Waals surface area contributed by atoms with Crippen LogP contribution in [0.4, 0.5) is 0 Å². The Bertz CT molecular complexity index is 307. The Morgan fingerprint density at radius 3 is 3.07 bits per heavy atom. The third-order valence-electron chi connectivity index (χ3n) is 3.10. The Labute approximate surface area is 91.3 Å². The van der Waals surface area contributed by atoms with Crippen molar-refractivity contribution in [2.75, 3.05) is 20.1 Å². The van der Waals surface area contributed by atoms with Crippen LogP contribution in [0.25, 0.3) is 0 Å². The van der Waals surface area contributed by atoms with Crippen LogP contribution in [0.5, 0.6) is 0 Å². The second kappa shape index (κ2) is 4.77. The summed E-state index contributed by atoms with van der Waals surface area (Å²) in [6.45, 7) is 6.47. The molecule has 1 aromatic heterocycles. The second-order valence-corrected chi connectivity index (χ2v) is 4.21. The molecule has 0 aliphatic carbocycles. The number of rotatable bonds is 4. The zero-order valence-corrected chi connectivity index (χ0v) is 9.61. The quantitative estimate of drug-likeness (QED) is 0.790. The van der Waals surface area contributed by atoms with Gasteiger partial charge in [0.05, 0.1) is 6.20 Å². The molecule has 1 unspecified atom stereocenters. The predicted octanol–water partition coefficient (Wildman–Crippen LogP) is 0.697. The lowest BCUT2D eigenvalue weighted by Crippen LogP contribution is -2.29. The molecule has 1 aliphatic heterocycles. The van der Waals surface area contributed by atoms with Crippen LogP contribution in [0.3, 0.4) is 0 Å². The summed E-state index contributed by atoms with van der Waals surface area (Å²) in [5.74, 6) is 0. The van der Waals surface area contributed by atoms with Crippen molar-refractivity contribution >= 4 is 0 Å². The maximum Gasteiger partial charge on any atom is 0.0534 e. The first-order chi connectivity index (χ1) is 7.31. The third kappa shape index (κ3) is 2.58. The standard InChI is InChI=1S/C11H20N4/c1-3-15-8-10(6-13-15)7-14-5-4-11(9-14)12-2/h6,8,11-12H,3-5,7,9H2,1-2H3. The van der Waals surface area contributed by atoms with Gasteiger partial charge in [-0.05, 0) is 20.4 Å². The first-order valence-corrected chi connectivity index (χ1v) is 5.72. The fraction of sp³-hybridized carbons (Fsp3) is 0.727. The normalized spacial score (nSPS) is 22.4. The molecule has 0 spiro atoms. The average molecular weight is 208 g/mol. The molecule has 0 aromatic carbocycles. The average Bonchev–Trinajstić information content (AvgIpc) is 2.87. The van der Waals surface area contributed by atoms with Crippen LogP contribution >= 0.6 is 0 Å². The van der Waals surface area contributed by atoms with Crippen molar-refractivity contribution in [3.8, 4) is 0 Å². The molecule has 1 aromatic rings. The van der Waals surface area contributed by atoms with Gasteiger partial charge in [0, 0.05) is 44.0 Å². The summed E-state index contributed by atoms with van der Waals surface area (Å²) in [5.41, 5.74) is 1.33. The largest absolute Gasteiger partial charge is 0.316 e. The van der Waals surface area contributed by atoms with Gasteiger partial charge in [-0.25, -0.2) is 0 Å². The highest BCUT2D eigenvalue weighted by molar-refractivity contribution is 5.04. The van der Waals surface area contributed by atoms with Gasteiger partial charge in [-0.1, -0.05) is 0 Å². The fourth-order valence-electron chi connectivity index (χ4n) is 2.13. The highest BCUT2D eigenvalue weighted by Crippen LogP contribution is 2.12. The van der Waals surface area contributed by atoms with E-state index in [2.05, 4.69) is 28.4 Å². The molecule has 1 N–H and O–H groups in total. The first-order valence-electron chi connectivity index (χ1n) is 5.72. The summed E-state index contributed by atoms with van der Waals surface area (Å²) in [6, 6.07) is 0.672. The molecule has 0 saturated carbocycles. The van der Waals surface area contributed by atoms with Gasteiger partial charge in [-0.2, -0.15) is 5.10 Å². The summed E-state index contributed by atoms with van der Waals surface area (Å²) in [5, 5.41) is 7.62. The van der Waals surface area contributed by atoms with Gasteiger partial charge in [0.1, 0.15) is 0 Å². The Hall–Kier alpha value is -0.870. The number of aromatic nitrogens is 2. The fourth-order valence-corrected chi connectivity index (χ4v) is 2.13. The van der Waals surface area contributed by atoms with Crippen LogP contribution in [0, 0.1) is 0 Å². The molecule has 0 amide bonds. The molecule has 1 atom stereocenters. The molecule has 1 fully saturated rings. The van der Waals surface area contributed by atoms with E-state index in [0.29, 0.717) is 6.04 Å². The van der Waals surface area contributed by atoms with Crippen molar-refractivity contribution in [3.63, 3.8) is 0 Å². The molecule has 1 saturated heterocycles. The van der Waals surface area contributed by atoms with Crippen LogP contribution in [0.2, 0.25) is 0 Å². The topological polar surface area (TPSA) is 33.1 Å². The first kappa shape index (κ1) is 10.6. The zero-order valence-electron chi connectivity index (χ0n) is 9.61. The van der Waals surface area contributed by atoms with Crippen molar-refractivity contribution in [2.24, 2.45) is 0 Å². The lowest BCUT2D eigenvalue weighted by Gasteiger charge is -2.14. The van der Waals surface area contributed by atoms with Crippen LogP contribution in [0.1, 0.15) is 18.9 Å². The maximum absolute atomic E-state index is 4.29. The SMILES string of the molecule is CCn1cc(CN2CCC(NC)C2)cn1. The van der Waals surface area contributed by atoms with Crippen molar-refractivity contribution < 1.29 is 0 Å². The van der Waals surface area contributed by atoms with E-state index in [9.17, 15) is 0 Å². The molecular formula is C11H20N4. The number of likely N-dealkylation sites (tertiary alicyclic amines) is 1. The minimum Gasteiger partial charge on any atom is -0.316 e. The van der Waals surface area contributed by atoms with Gasteiger partial charge in [-0.3, -0.25) is 9.58 Å². The van der Waals surface area contributed by atoms with Gasteiger partial charge < -0.3 is 5.32 Å². The second-order valence-electron chi connectivity index (χ2n) is 4.21. The van der Waals surface area contributed by atoms with E-state index in [0.717, 1.165) is 19.6 Å². The molecule has 2 rings (SSSR count). The van der Waals surface area contributed by atoms with Gasteiger partial charge in [0.15, 0.2) is 0 Å². The Morgan fingerprint density at radius 2 is 2.47 bits per heavy atom. The molecule has 0 radical (unpaired) electrons. The predicted molar refractivity (Wildman–Crippen MR) is 60.6 cm³/mol. The lowest BCUT2D eigenvalue weighted by molar-refractivity contribution is 0.322. The van der Waals surface area contributed by atoms with Gasteiger partial charge in [-0.15, -0.1) is 0 Å². The van der Waals surface area contributed by atoms with Crippen LogP contribution in [0.15, 0.2) is 12.4 Å². The van der Waals surface area contributed by atoms with Crippen LogP contribution < -0.4 is 5.32 Å². The number of nitrogens with zero attached hydrogens (tertiary/aromatic N) is 3. The smallest absolute Gasteiger partial charge is 0.0534 e. The van der Waals surface area contributed by atoms with E-state index in [1.165, 1.54) is 18.5 Å². The van der Waals surface area contributed by atoms with E-state index >= 15 is 0 Å². The van der Waals surface area contributed by atoms with Gasteiger partial charge in [0.2, 0.25) is 0 Å². The monoisotopic (exact) mass is 208 g/mol. The van der Waals surface area contributed by atoms with Crippen molar-refractivity contribution in [1.82, 2.24) is 20.0 Å². The Balaban J connectivity index is 1.87. The molecule has 4 nitrogen and oxygen atoms in total. The number of likely N-dealkylation sites (N-methyl/N-ethyl adjacent to an activating group) is 1. The highest BCUT2D eigenvalue weighted by atomic mass is 15.3. The Morgan fingerprint density at radius 1 is 1.60 bits per heavy atom. The minimum absolute atomic E-state index is 0.672. The van der Waals surface area contributed by atoms with Crippen molar-refractivity contribution in [2.45, 2.75) is 32.5 Å². The molecular weight excluding hydrogens is 188 g/mol. The molecule has 2 heterocycles.